The van der Waals surface area contributed by atoms with Crippen LogP contribution in [-0.2, 0) is 16.0 Å². The van der Waals surface area contributed by atoms with Crippen LogP contribution in [0.15, 0.2) is 48.5 Å². The summed E-state index contributed by atoms with van der Waals surface area (Å²) in [5, 5.41) is 5.97. The van der Waals surface area contributed by atoms with Crippen LogP contribution in [0.3, 0.4) is 0 Å². The lowest BCUT2D eigenvalue weighted by Gasteiger charge is -2.29. The number of ether oxygens (including phenoxy) is 1. The molecule has 0 aliphatic carbocycles. The van der Waals surface area contributed by atoms with E-state index in [0.717, 1.165) is 29.8 Å². The van der Waals surface area contributed by atoms with Gasteiger partial charge in [-0.2, -0.15) is 0 Å². The average molecular weight is 410 g/mol. The van der Waals surface area contributed by atoms with E-state index in [4.69, 9.17) is 4.74 Å². The Labute approximate surface area is 178 Å². The molecule has 0 bridgehead atoms. The molecule has 6 nitrogen and oxygen atoms in total. The molecule has 0 spiro atoms. The Hall–Kier alpha value is -3.02. The molecule has 30 heavy (non-hydrogen) atoms. The van der Waals surface area contributed by atoms with Crippen molar-refractivity contribution < 1.29 is 14.3 Å². The predicted octanol–water partition coefficient (Wildman–Crippen LogP) is 4.28. The number of amides is 2. The fourth-order valence-electron chi connectivity index (χ4n) is 3.69. The van der Waals surface area contributed by atoms with Gasteiger partial charge in [0.2, 0.25) is 0 Å². The normalized spacial score (nSPS) is 16.3. The van der Waals surface area contributed by atoms with Gasteiger partial charge in [0.25, 0.3) is 0 Å². The Morgan fingerprint density at radius 3 is 2.63 bits per heavy atom. The van der Waals surface area contributed by atoms with E-state index in [0.29, 0.717) is 6.54 Å². The zero-order valence-electron chi connectivity index (χ0n) is 18.2. The van der Waals surface area contributed by atoms with Gasteiger partial charge >= 0.3 is 12.0 Å². The van der Waals surface area contributed by atoms with Gasteiger partial charge in [-0.3, -0.25) is 4.79 Å². The van der Waals surface area contributed by atoms with Crippen molar-refractivity contribution in [3.8, 4) is 0 Å². The third-order valence-electron chi connectivity index (χ3n) is 4.89. The molecule has 0 radical (unpaired) electrons. The van der Waals surface area contributed by atoms with Crippen LogP contribution in [0.1, 0.15) is 38.3 Å². The molecule has 3 rings (SSSR count). The Morgan fingerprint density at radius 2 is 1.90 bits per heavy atom. The topological polar surface area (TPSA) is 70.7 Å². The van der Waals surface area contributed by atoms with Crippen molar-refractivity contribution in [1.29, 1.82) is 0 Å². The van der Waals surface area contributed by atoms with Gasteiger partial charge in [-0.1, -0.05) is 30.3 Å². The number of nitrogens with zero attached hydrogens (tertiary/aromatic N) is 1. The van der Waals surface area contributed by atoms with Crippen molar-refractivity contribution in [2.75, 3.05) is 23.3 Å². The number of fused-ring (bicyclic) bond motifs is 1. The summed E-state index contributed by atoms with van der Waals surface area (Å²) in [6.45, 7) is 8.26. The Bertz CT molecular complexity index is 905. The molecule has 2 amide bonds. The van der Waals surface area contributed by atoms with Crippen LogP contribution in [0.4, 0.5) is 16.2 Å². The van der Waals surface area contributed by atoms with Gasteiger partial charge in [-0.25, -0.2) is 4.79 Å². The molecule has 1 heterocycles. The second-order valence-corrected chi connectivity index (χ2v) is 8.80. The van der Waals surface area contributed by atoms with Gasteiger partial charge < -0.3 is 20.3 Å². The minimum atomic E-state index is -0.534. The van der Waals surface area contributed by atoms with E-state index in [1.165, 1.54) is 5.56 Å². The Kier molecular flexibility index (Phi) is 6.65. The lowest BCUT2D eigenvalue weighted by atomic mass is 10.1. The number of aryl methyl sites for hydroxylation is 2. The number of urea groups is 1. The molecule has 0 fully saturated rings. The highest BCUT2D eigenvalue weighted by atomic mass is 16.6. The van der Waals surface area contributed by atoms with Gasteiger partial charge in [-0.05, 0) is 69.9 Å². The molecule has 2 aromatic rings. The highest BCUT2D eigenvalue weighted by Crippen LogP contribution is 2.26. The molecule has 1 aliphatic heterocycles. The van der Waals surface area contributed by atoms with Crippen molar-refractivity contribution >= 4 is 23.4 Å². The third kappa shape index (κ3) is 6.24. The molecule has 2 aromatic carbocycles. The van der Waals surface area contributed by atoms with Crippen LogP contribution in [0.2, 0.25) is 0 Å². The minimum absolute atomic E-state index is 0.0929. The smallest absolute Gasteiger partial charge is 0.326 e. The van der Waals surface area contributed by atoms with Crippen LogP contribution in [0.5, 0.6) is 0 Å². The summed E-state index contributed by atoms with van der Waals surface area (Å²) in [7, 11) is 0. The summed E-state index contributed by atoms with van der Waals surface area (Å²) < 4.78 is 5.52. The van der Waals surface area contributed by atoms with E-state index in [1.807, 2.05) is 75.1 Å². The standard InChI is InChI=1S/C24H31N3O3/c1-17-8-7-10-19(14-17)25-23(29)26-20-13-12-18-9-5-6-11-21(18)27(15-20)16-22(28)30-24(2,3)4/h5-11,14,20H,12-13,15-16H2,1-4H3,(H2,25,26,29). The molecule has 1 aliphatic rings. The second kappa shape index (κ2) is 9.20. The van der Waals surface area contributed by atoms with E-state index < -0.39 is 5.60 Å². The van der Waals surface area contributed by atoms with Crippen molar-refractivity contribution in [1.82, 2.24) is 5.32 Å². The summed E-state index contributed by atoms with van der Waals surface area (Å²) in [4.78, 5) is 27.1. The Morgan fingerprint density at radius 1 is 1.13 bits per heavy atom. The highest BCUT2D eigenvalue weighted by molar-refractivity contribution is 5.89. The zero-order chi connectivity index (χ0) is 21.7. The SMILES string of the molecule is Cc1cccc(NC(=O)NC2CCc3ccccc3N(CC(=O)OC(C)(C)C)C2)c1. The first kappa shape index (κ1) is 21.7. The molecule has 2 N–H and O–H groups in total. The lowest BCUT2D eigenvalue weighted by Crippen LogP contribution is -2.46. The number of anilines is 2. The Balaban J connectivity index is 1.70. The fraction of sp³-hybridized carbons (Fsp3) is 0.417. The largest absolute Gasteiger partial charge is 0.459 e. The number of benzene rings is 2. The number of carbonyl (C=O) groups is 2. The summed E-state index contributed by atoms with van der Waals surface area (Å²) in [5.41, 5.74) is 3.50. The average Bonchev–Trinajstić information content (AvgIpc) is 2.80. The maximum Gasteiger partial charge on any atom is 0.326 e. The number of carbonyl (C=O) groups excluding carboxylic acids is 2. The maximum absolute atomic E-state index is 12.6. The number of rotatable bonds is 4. The van der Waals surface area contributed by atoms with Crippen molar-refractivity contribution in [2.24, 2.45) is 0 Å². The second-order valence-electron chi connectivity index (χ2n) is 8.80. The van der Waals surface area contributed by atoms with Crippen LogP contribution in [0, 0.1) is 6.92 Å². The van der Waals surface area contributed by atoms with E-state index in [9.17, 15) is 9.59 Å². The number of esters is 1. The first-order valence-corrected chi connectivity index (χ1v) is 10.4. The fourth-order valence-corrected chi connectivity index (χ4v) is 3.69. The van der Waals surface area contributed by atoms with Crippen LogP contribution >= 0.6 is 0 Å². The third-order valence-corrected chi connectivity index (χ3v) is 4.89. The maximum atomic E-state index is 12.6. The van der Waals surface area contributed by atoms with Crippen molar-refractivity contribution in [2.45, 2.75) is 52.2 Å². The molecule has 160 valence electrons. The first-order chi connectivity index (χ1) is 14.2. The molecular weight excluding hydrogens is 378 g/mol. The summed E-state index contributed by atoms with van der Waals surface area (Å²) in [6.07, 6.45) is 1.62. The molecular formula is C24H31N3O3. The van der Waals surface area contributed by atoms with E-state index in [1.54, 1.807) is 0 Å². The minimum Gasteiger partial charge on any atom is -0.459 e. The molecule has 0 saturated carbocycles. The first-order valence-electron chi connectivity index (χ1n) is 10.4. The highest BCUT2D eigenvalue weighted by Gasteiger charge is 2.26. The van der Waals surface area contributed by atoms with Gasteiger partial charge in [0.05, 0.1) is 0 Å². The number of hydrogen-bond acceptors (Lipinski definition) is 4. The van der Waals surface area contributed by atoms with Gasteiger partial charge in [0.15, 0.2) is 0 Å². The molecule has 0 saturated heterocycles. The molecule has 6 heteroatoms. The summed E-state index contributed by atoms with van der Waals surface area (Å²) >= 11 is 0. The van der Waals surface area contributed by atoms with E-state index in [-0.39, 0.29) is 24.6 Å². The number of para-hydroxylation sites is 1. The summed E-state index contributed by atoms with van der Waals surface area (Å²) in [6, 6.07) is 15.4. The van der Waals surface area contributed by atoms with Crippen molar-refractivity contribution in [3.63, 3.8) is 0 Å². The van der Waals surface area contributed by atoms with E-state index in [2.05, 4.69) is 16.7 Å². The number of nitrogens with one attached hydrogen (secondary N) is 2. The van der Waals surface area contributed by atoms with Gasteiger partial charge in [-0.15, -0.1) is 0 Å². The van der Waals surface area contributed by atoms with Crippen molar-refractivity contribution in [3.05, 3.63) is 59.7 Å². The van der Waals surface area contributed by atoms with Gasteiger partial charge in [0, 0.05) is 24.0 Å². The monoisotopic (exact) mass is 409 g/mol. The molecule has 1 unspecified atom stereocenters. The zero-order valence-corrected chi connectivity index (χ0v) is 18.2. The molecule has 1 atom stereocenters. The predicted molar refractivity (Wildman–Crippen MR) is 120 cm³/mol. The summed E-state index contributed by atoms with van der Waals surface area (Å²) in [5.74, 6) is -0.276. The quantitative estimate of drug-likeness (QED) is 0.740. The van der Waals surface area contributed by atoms with Gasteiger partial charge in [0.1, 0.15) is 12.1 Å². The molecule has 0 aromatic heterocycles. The van der Waals surface area contributed by atoms with Crippen LogP contribution in [0.25, 0.3) is 0 Å². The number of hydrogen-bond donors (Lipinski definition) is 2. The lowest BCUT2D eigenvalue weighted by molar-refractivity contribution is -0.153. The van der Waals surface area contributed by atoms with E-state index >= 15 is 0 Å². The van der Waals surface area contributed by atoms with Crippen LogP contribution < -0.4 is 15.5 Å². The van der Waals surface area contributed by atoms with Crippen LogP contribution in [-0.4, -0.2) is 36.7 Å².